The Morgan fingerprint density at radius 2 is 0.595 bits per heavy atom. The Bertz CT molecular complexity index is 1360. The van der Waals surface area contributed by atoms with Gasteiger partial charge in [0, 0.05) is 12.8 Å². The maximum atomic E-state index is 12.5. The molecule has 0 aliphatic carbocycles. The number of ether oxygens (including phenoxy) is 1. The van der Waals surface area contributed by atoms with Crippen LogP contribution < -0.4 is 5.32 Å². The highest BCUT2D eigenvalue weighted by Crippen LogP contribution is 2.19. The van der Waals surface area contributed by atoms with E-state index in [1.165, 1.54) is 347 Å². The van der Waals surface area contributed by atoms with Crippen molar-refractivity contribution in [2.75, 3.05) is 13.2 Å². The molecule has 0 bridgehead atoms. The Kier molecular flexibility index (Phi) is 71.9. The molecule has 0 aliphatic rings. The van der Waals surface area contributed by atoms with E-state index in [2.05, 4.69) is 43.5 Å². The van der Waals surface area contributed by atoms with Gasteiger partial charge < -0.3 is 20.3 Å². The first kappa shape index (κ1) is 82.1. The van der Waals surface area contributed by atoms with Crippen LogP contribution in [0.4, 0.5) is 0 Å². The van der Waals surface area contributed by atoms with Crippen LogP contribution in [0.1, 0.15) is 425 Å². The molecule has 0 heterocycles. The molecule has 1 amide bonds. The fourth-order valence-electron chi connectivity index (χ4n) is 12.1. The second-order valence-corrected chi connectivity index (χ2v) is 26.3. The third kappa shape index (κ3) is 69.2. The molecule has 0 aromatic carbocycles. The number of aliphatic hydroxyl groups excluding tert-OH is 2. The Hall–Kier alpha value is -1.92. The van der Waals surface area contributed by atoms with Gasteiger partial charge in [0.1, 0.15) is 0 Å². The van der Waals surface area contributed by atoms with Crippen molar-refractivity contribution in [2.24, 2.45) is 0 Å². The number of allylic oxidation sites excluding steroid dienone is 5. The topological polar surface area (TPSA) is 95.9 Å². The van der Waals surface area contributed by atoms with Crippen LogP contribution in [0, 0.1) is 0 Å². The lowest BCUT2D eigenvalue weighted by Crippen LogP contribution is -2.45. The Labute approximate surface area is 525 Å². The van der Waals surface area contributed by atoms with E-state index in [0.717, 1.165) is 51.4 Å². The van der Waals surface area contributed by atoms with Crippen LogP contribution in [0.15, 0.2) is 36.5 Å². The van der Waals surface area contributed by atoms with E-state index in [1.807, 2.05) is 6.08 Å². The van der Waals surface area contributed by atoms with Crippen molar-refractivity contribution in [1.82, 2.24) is 5.32 Å². The van der Waals surface area contributed by atoms with Crippen LogP contribution in [-0.4, -0.2) is 47.4 Å². The molecule has 6 heteroatoms. The second kappa shape index (κ2) is 73.5. The third-order valence-electron chi connectivity index (χ3n) is 17.9. The van der Waals surface area contributed by atoms with Crippen LogP contribution >= 0.6 is 0 Å². The molecular formula is C78H149NO5. The molecule has 2 unspecified atom stereocenters. The number of carbonyl (C=O) groups excluding carboxylic acids is 2. The normalized spacial score (nSPS) is 12.7. The largest absolute Gasteiger partial charge is 0.466 e. The van der Waals surface area contributed by atoms with Crippen LogP contribution in [0.5, 0.6) is 0 Å². The van der Waals surface area contributed by atoms with Crippen LogP contribution in [-0.2, 0) is 14.3 Å². The van der Waals surface area contributed by atoms with Crippen molar-refractivity contribution in [3.63, 3.8) is 0 Å². The molecule has 0 aromatic rings. The highest BCUT2D eigenvalue weighted by atomic mass is 16.5. The van der Waals surface area contributed by atoms with Crippen molar-refractivity contribution >= 4 is 11.9 Å². The number of rotatable bonds is 72. The molecule has 0 spiro atoms. The average Bonchev–Trinajstić information content (AvgIpc) is 3.53. The van der Waals surface area contributed by atoms with Gasteiger partial charge in [-0.2, -0.15) is 0 Å². The molecule has 3 N–H and O–H groups in total. The van der Waals surface area contributed by atoms with E-state index in [0.29, 0.717) is 19.4 Å². The zero-order valence-corrected chi connectivity index (χ0v) is 56.9. The highest BCUT2D eigenvalue weighted by molar-refractivity contribution is 5.76. The zero-order valence-electron chi connectivity index (χ0n) is 56.9. The number of hydrogen-bond acceptors (Lipinski definition) is 5. The monoisotopic (exact) mass is 1180 g/mol. The fraction of sp³-hybridized carbons (Fsp3) is 0.897. The van der Waals surface area contributed by atoms with Gasteiger partial charge in [-0.05, 0) is 64.2 Å². The predicted octanol–water partition coefficient (Wildman–Crippen LogP) is 25.0. The molecular weight excluding hydrogens is 1030 g/mol. The van der Waals surface area contributed by atoms with Crippen molar-refractivity contribution < 1.29 is 24.5 Å². The zero-order chi connectivity index (χ0) is 60.6. The van der Waals surface area contributed by atoms with Gasteiger partial charge in [-0.1, -0.05) is 384 Å². The van der Waals surface area contributed by atoms with Gasteiger partial charge in [-0.3, -0.25) is 9.59 Å². The van der Waals surface area contributed by atoms with Crippen LogP contribution in [0.25, 0.3) is 0 Å². The molecule has 0 saturated heterocycles. The molecule has 0 saturated carbocycles. The van der Waals surface area contributed by atoms with Gasteiger partial charge in [0.15, 0.2) is 0 Å². The lowest BCUT2D eigenvalue weighted by Gasteiger charge is -2.20. The summed E-state index contributed by atoms with van der Waals surface area (Å²) in [6.45, 7) is 4.91. The fourth-order valence-corrected chi connectivity index (χ4v) is 12.1. The molecule has 2 atom stereocenters. The number of amides is 1. The first-order chi connectivity index (χ1) is 41.5. The van der Waals surface area contributed by atoms with E-state index in [9.17, 15) is 19.8 Å². The van der Waals surface area contributed by atoms with Gasteiger partial charge >= 0.3 is 5.97 Å². The first-order valence-electron chi connectivity index (χ1n) is 38.3. The number of hydrogen-bond donors (Lipinski definition) is 3. The minimum Gasteiger partial charge on any atom is -0.466 e. The minimum absolute atomic E-state index is 0.0151. The summed E-state index contributed by atoms with van der Waals surface area (Å²) in [5, 5.41) is 23.2. The third-order valence-corrected chi connectivity index (χ3v) is 17.9. The summed E-state index contributed by atoms with van der Waals surface area (Å²) in [5.74, 6) is -0.0450. The standard InChI is InChI=1S/C78H149NO5/c1-3-5-7-9-11-13-15-17-19-39-44-48-52-56-60-64-68-72-78(83)84-73-69-65-61-57-53-49-45-41-38-36-34-32-30-28-26-24-22-20-21-23-25-27-29-31-33-35-37-40-43-47-51-55-59-63-67-71-77(82)79-75(74-80)76(81)70-66-62-58-54-50-46-42-18-16-14-12-10-8-6-4-2/h11,13,17,19,66,70,75-76,80-81H,3-10,12,14-16,18,20-65,67-69,71-74H2,1-2H3,(H,79,82)/b13-11-,19-17-,70-66+. The number of unbranched alkanes of at least 4 members (excludes halogenated alkanes) is 57. The lowest BCUT2D eigenvalue weighted by atomic mass is 10.0. The van der Waals surface area contributed by atoms with Gasteiger partial charge in [-0.25, -0.2) is 0 Å². The SMILES string of the molecule is CCCCC/C=C\C/C=C\CCCCCCCCCC(=O)OCCCCCCCCCCCCCCCCCCCCCCCCCCCCCCCCCCCCCC(=O)NC(CO)C(O)/C=C/CCCCCCCCCCCCCCC. The number of nitrogens with one attached hydrogen (secondary N) is 1. The highest BCUT2D eigenvalue weighted by Gasteiger charge is 2.18. The summed E-state index contributed by atoms with van der Waals surface area (Å²) in [4.78, 5) is 24.6. The van der Waals surface area contributed by atoms with Crippen molar-refractivity contribution in [1.29, 1.82) is 0 Å². The van der Waals surface area contributed by atoms with E-state index < -0.39 is 12.1 Å². The second-order valence-electron chi connectivity index (χ2n) is 26.3. The lowest BCUT2D eigenvalue weighted by molar-refractivity contribution is -0.143. The minimum atomic E-state index is -0.840. The Morgan fingerprint density at radius 1 is 0.333 bits per heavy atom. The molecule has 0 aliphatic heterocycles. The molecule has 0 aromatic heterocycles. The number of esters is 1. The molecule has 0 rings (SSSR count). The molecule has 0 radical (unpaired) electrons. The summed E-state index contributed by atoms with van der Waals surface area (Å²) in [7, 11) is 0. The summed E-state index contributed by atoms with van der Waals surface area (Å²) < 4.78 is 5.51. The Balaban J connectivity index is 3.31. The van der Waals surface area contributed by atoms with Crippen molar-refractivity contribution in [2.45, 2.75) is 437 Å². The van der Waals surface area contributed by atoms with Gasteiger partial charge in [0.2, 0.25) is 5.91 Å². The molecule has 0 fully saturated rings. The number of aliphatic hydroxyl groups is 2. The van der Waals surface area contributed by atoms with Crippen LogP contribution in [0.3, 0.4) is 0 Å². The van der Waals surface area contributed by atoms with Gasteiger partial charge in [0.05, 0.1) is 25.4 Å². The average molecular weight is 1180 g/mol. The van der Waals surface area contributed by atoms with E-state index in [-0.39, 0.29) is 18.5 Å². The van der Waals surface area contributed by atoms with Crippen LogP contribution in [0.2, 0.25) is 0 Å². The maximum absolute atomic E-state index is 12.5. The van der Waals surface area contributed by atoms with Gasteiger partial charge in [0.25, 0.3) is 0 Å². The Morgan fingerprint density at radius 3 is 0.929 bits per heavy atom. The quantitative estimate of drug-likeness (QED) is 0.0320. The first-order valence-corrected chi connectivity index (χ1v) is 38.3. The maximum Gasteiger partial charge on any atom is 0.305 e. The summed E-state index contributed by atoms with van der Waals surface area (Å²) in [6, 6.07) is -0.623. The summed E-state index contributed by atoms with van der Waals surface area (Å²) in [6.07, 6.45) is 95.5. The number of carbonyl (C=O) groups is 2. The molecule has 6 nitrogen and oxygen atoms in total. The van der Waals surface area contributed by atoms with Gasteiger partial charge in [-0.15, -0.1) is 0 Å². The van der Waals surface area contributed by atoms with E-state index in [1.54, 1.807) is 6.08 Å². The van der Waals surface area contributed by atoms with Crippen molar-refractivity contribution in [3.8, 4) is 0 Å². The summed E-state index contributed by atoms with van der Waals surface area (Å²) >= 11 is 0. The predicted molar refractivity (Wildman–Crippen MR) is 370 cm³/mol. The molecule has 496 valence electrons. The van der Waals surface area contributed by atoms with E-state index >= 15 is 0 Å². The smallest absolute Gasteiger partial charge is 0.305 e. The molecule has 84 heavy (non-hydrogen) atoms. The van der Waals surface area contributed by atoms with Crippen molar-refractivity contribution in [3.05, 3.63) is 36.5 Å². The summed E-state index contributed by atoms with van der Waals surface area (Å²) in [5.41, 5.74) is 0. The van der Waals surface area contributed by atoms with E-state index in [4.69, 9.17) is 4.74 Å².